The topological polar surface area (TPSA) is 124 Å². The largest absolute Gasteiger partial charge is 0.448 e. The number of hydrogen-bond donors (Lipinski definition) is 1. The monoisotopic (exact) mass is 385 g/mol. The first-order chi connectivity index (χ1) is 12.8. The van der Waals surface area contributed by atoms with Crippen molar-refractivity contribution in [1.82, 2.24) is 10.2 Å². The molecule has 1 N–H and O–H groups in total. The standard InChI is InChI=1S/C17H15N5O4S/c1-16(2)15-17(20-21-18)11(27-16)9(19-15)10(14(25)26-17)22-12(23)7-5-3-4-6-8(7)13(22)24/h3-6,9-11,15,19H,1-2H3/t9-,10-,11-,15-,17+/m1/s1. The van der Waals surface area contributed by atoms with Crippen LogP contribution in [0.3, 0.4) is 0 Å². The molecular formula is C17H15N5O4S. The number of nitrogens with one attached hydrogen (secondary N) is 1. The number of imide groups is 1. The van der Waals surface area contributed by atoms with Gasteiger partial charge in [0.1, 0.15) is 0 Å². The van der Waals surface area contributed by atoms with E-state index in [1.54, 1.807) is 36.0 Å². The van der Waals surface area contributed by atoms with E-state index in [2.05, 4.69) is 15.3 Å². The second kappa shape index (κ2) is 5.03. The lowest BCUT2D eigenvalue weighted by Gasteiger charge is -2.40. The number of fused-ring (bicyclic) bond motifs is 1. The van der Waals surface area contributed by atoms with Crippen LogP contribution >= 0.6 is 11.8 Å². The predicted molar refractivity (Wildman–Crippen MR) is 94.9 cm³/mol. The Hall–Kier alpha value is -2.55. The van der Waals surface area contributed by atoms with Crippen molar-refractivity contribution in [1.29, 1.82) is 0 Å². The lowest BCUT2D eigenvalue weighted by molar-refractivity contribution is -0.168. The summed E-state index contributed by atoms with van der Waals surface area (Å²) in [5, 5.41) is 6.78. The number of benzene rings is 1. The van der Waals surface area contributed by atoms with Gasteiger partial charge >= 0.3 is 5.97 Å². The minimum Gasteiger partial charge on any atom is -0.448 e. The molecule has 9 nitrogen and oxygen atoms in total. The molecule has 4 bridgehead atoms. The normalized spacial score (nSPS) is 37.9. The van der Waals surface area contributed by atoms with E-state index in [0.717, 1.165) is 4.90 Å². The van der Waals surface area contributed by atoms with Gasteiger partial charge in [-0.25, -0.2) is 4.79 Å². The Labute approximate surface area is 158 Å². The molecule has 0 spiro atoms. The Balaban J connectivity index is 1.58. The molecule has 4 aliphatic heterocycles. The van der Waals surface area contributed by atoms with E-state index in [1.807, 2.05) is 13.8 Å². The van der Waals surface area contributed by atoms with Crippen LogP contribution in [0.1, 0.15) is 34.6 Å². The maximum atomic E-state index is 12.9. The van der Waals surface area contributed by atoms with Crippen molar-refractivity contribution in [2.45, 2.75) is 47.7 Å². The van der Waals surface area contributed by atoms with Gasteiger partial charge in [-0.2, -0.15) is 0 Å². The number of esters is 1. The van der Waals surface area contributed by atoms with Crippen molar-refractivity contribution in [2.75, 3.05) is 0 Å². The second-order valence-electron chi connectivity index (χ2n) is 7.60. The number of carbonyl (C=O) groups excluding carboxylic acids is 3. The molecule has 3 fully saturated rings. The third-order valence-corrected chi connectivity index (χ3v) is 7.51. The number of hydrogen-bond acceptors (Lipinski definition) is 7. The maximum Gasteiger partial charge on any atom is 0.331 e. The number of thioether (sulfide) groups is 1. The molecule has 0 aliphatic carbocycles. The molecule has 3 saturated heterocycles. The Kier molecular flexibility index (Phi) is 3.10. The lowest BCUT2D eigenvalue weighted by Crippen LogP contribution is -2.63. The maximum absolute atomic E-state index is 12.9. The molecule has 138 valence electrons. The summed E-state index contributed by atoms with van der Waals surface area (Å²) < 4.78 is 5.32. The zero-order valence-corrected chi connectivity index (χ0v) is 15.3. The minimum absolute atomic E-state index is 0.276. The van der Waals surface area contributed by atoms with Gasteiger partial charge in [0, 0.05) is 9.66 Å². The summed E-state index contributed by atoms with van der Waals surface area (Å²) in [6.45, 7) is 3.95. The summed E-state index contributed by atoms with van der Waals surface area (Å²) in [6.07, 6.45) is 0. The second-order valence-corrected chi connectivity index (χ2v) is 9.40. The molecule has 4 aliphatic rings. The van der Waals surface area contributed by atoms with E-state index in [4.69, 9.17) is 10.3 Å². The van der Waals surface area contributed by atoms with Crippen LogP contribution in [0, 0.1) is 0 Å². The van der Waals surface area contributed by atoms with Crippen LogP contribution in [0.2, 0.25) is 0 Å². The number of rotatable bonds is 2. The Morgan fingerprint density at radius 3 is 2.44 bits per heavy atom. The summed E-state index contributed by atoms with van der Waals surface area (Å²) in [7, 11) is 0. The molecule has 27 heavy (non-hydrogen) atoms. The van der Waals surface area contributed by atoms with Gasteiger partial charge in [0.05, 0.1) is 28.5 Å². The van der Waals surface area contributed by atoms with Gasteiger partial charge in [0.2, 0.25) is 5.72 Å². The van der Waals surface area contributed by atoms with Gasteiger partial charge in [0.15, 0.2) is 6.04 Å². The average Bonchev–Trinajstić information content (AvgIpc) is 3.08. The molecule has 0 saturated carbocycles. The van der Waals surface area contributed by atoms with Crippen LogP contribution in [0.4, 0.5) is 0 Å². The third-order valence-electron chi connectivity index (χ3n) is 5.78. The van der Waals surface area contributed by atoms with E-state index in [9.17, 15) is 14.4 Å². The molecule has 2 amide bonds. The van der Waals surface area contributed by atoms with Gasteiger partial charge in [-0.05, 0) is 36.6 Å². The Morgan fingerprint density at radius 2 is 1.85 bits per heavy atom. The highest BCUT2D eigenvalue weighted by Gasteiger charge is 2.75. The fourth-order valence-electron chi connectivity index (χ4n) is 4.75. The molecule has 0 radical (unpaired) electrons. The van der Waals surface area contributed by atoms with Crippen molar-refractivity contribution >= 4 is 29.5 Å². The SMILES string of the molecule is CC1(C)S[C@@H]2[C@@H]3N[C@H]1[C@@]2(N=[N+]=[N-])OC(=O)[C@@H]3N1C(=O)c2ccccc2C1=O. The van der Waals surface area contributed by atoms with Crippen LogP contribution in [0.25, 0.3) is 10.4 Å². The van der Waals surface area contributed by atoms with Crippen LogP contribution in [0.5, 0.6) is 0 Å². The fraction of sp³-hybridized carbons (Fsp3) is 0.471. The summed E-state index contributed by atoms with van der Waals surface area (Å²) in [5.74, 6) is -1.75. The molecule has 0 aromatic heterocycles. The minimum atomic E-state index is -1.35. The fourth-order valence-corrected chi connectivity index (χ4v) is 6.55. The van der Waals surface area contributed by atoms with E-state index >= 15 is 0 Å². The van der Waals surface area contributed by atoms with Crippen LogP contribution in [-0.4, -0.2) is 56.5 Å². The smallest absolute Gasteiger partial charge is 0.331 e. The van der Waals surface area contributed by atoms with Gasteiger partial charge < -0.3 is 10.1 Å². The first kappa shape index (κ1) is 16.6. The van der Waals surface area contributed by atoms with Gasteiger partial charge in [-0.15, -0.1) is 11.8 Å². The summed E-state index contributed by atoms with van der Waals surface area (Å²) in [5.41, 5.74) is 8.25. The van der Waals surface area contributed by atoms with Gasteiger partial charge in [-0.1, -0.05) is 12.1 Å². The van der Waals surface area contributed by atoms with E-state index < -0.39 is 41.6 Å². The zero-order valence-electron chi connectivity index (χ0n) is 14.4. The van der Waals surface area contributed by atoms with E-state index in [1.165, 1.54) is 0 Å². The summed E-state index contributed by atoms with van der Waals surface area (Å²) in [4.78, 5) is 42.5. The van der Waals surface area contributed by atoms with Crippen molar-refractivity contribution < 1.29 is 19.1 Å². The number of nitrogens with zero attached hydrogens (tertiary/aromatic N) is 4. The first-order valence-electron chi connectivity index (χ1n) is 8.52. The highest BCUT2D eigenvalue weighted by Crippen LogP contribution is 2.59. The lowest BCUT2D eigenvalue weighted by atomic mass is 9.91. The molecule has 0 unspecified atom stereocenters. The zero-order chi connectivity index (χ0) is 19.1. The summed E-state index contributed by atoms with van der Waals surface area (Å²) >= 11 is 1.55. The number of ether oxygens (including phenoxy) is 1. The van der Waals surface area contributed by atoms with Crippen molar-refractivity contribution in [2.24, 2.45) is 5.11 Å². The van der Waals surface area contributed by atoms with Crippen molar-refractivity contribution in [3.05, 3.63) is 45.8 Å². The Bertz CT molecular complexity index is 939. The third kappa shape index (κ3) is 1.85. The van der Waals surface area contributed by atoms with E-state index in [-0.39, 0.29) is 21.1 Å². The molecular weight excluding hydrogens is 370 g/mol. The number of azide groups is 1. The molecule has 10 heteroatoms. The molecule has 5 rings (SSSR count). The Morgan fingerprint density at radius 1 is 1.22 bits per heavy atom. The first-order valence-corrected chi connectivity index (χ1v) is 9.40. The van der Waals surface area contributed by atoms with Crippen LogP contribution in [-0.2, 0) is 9.53 Å². The molecule has 5 atom stereocenters. The molecule has 4 heterocycles. The van der Waals surface area contributed by atoms with Crippen molar-refractivity contribution in [3.63, 3.8) is 0 Å². The summed E-state index contributed by atoms with van der Waals surface area (Å²) in [6, 6.07) is 4.44. The number of amides is 2. The van der Waals surface area contributed by atoms with Crippen molar-refractivity contribution in [3.8, 4) is 0 Å². The van der Waals surface area contributed by atoms with Gasteiger partial charge in [0.25, 0.3) is 11.8 Å². The molecule has 1 aromatic carbocycles. The predicted octanol–water partition coefficient (Wildman–Crippen LogP) is 1.45. The van der Waals surface area contributed by atoms with Gasteiger partial charge in [-0.3, -0.25) is 14.5 Å². The highest BCUT2D eigenvalue weighted by atomic mass is 32.2. The van der Waals surface area contributed by atoms with Crippen LogP contribution in [0.15, 0.2) is 29.4 Å². The molecule has 1 aromatic rings. The highest BCUT2D eigenvalue weighted by molar-refractivity contribution is 8.01. The van der Waals surface area contributed by atoms with Crippen LogP contribution < -0.4 is 5.32 Å². The number of carbonyl (C=O) groups is 3. The average molecular weight is 385 g/mol. The quantitative estimate of drug-likeness (QED) is 0.270. The van der Waals surface area contributed by atoms with E-state index in [0.29, 0.717) is 0 Å².